The maximum absolute atomic E-state index is 13.2. The molecule has 0 aliphatic heterocycles. The second kappa shape index (κ2) is 8.65. The Balaban J connectivity index is 1.63. The van der Waals surface area contributed by atoms with Gasteiger partial charge >= 0.3 is 0 Å². The summed E-state index contributed by atoms with van der Waals surface area (Å²) in [7, 11) is 0. The van der Waals surface area contributed by atoms with Gasteiger partial charge < -0.3 is 15.0 Å². The van der Waals surface area contributed by atoms with Crippen molar-refractivity contribution in [1.82, 2.24) is 4.57 Å². The minimum Gasteiger partial charge on any atom is -0.493 e. The first-order chi connectivity index (χ1) is 14.9. The third-order valence-electron chi connectivity index (χ3n) is 4.89. The first-order valence-corrected chi connectivity index (χ1v) is 10.2. The molecule has 0 saturated carbocycles. The van der Waals surface area contributed by atoms with Gasteiger partial charge in [-0.2, -0.15) is 0 Å². The second-order valence-corrected chi connectivity index (χ2v) is 7.80. The summed E-state index contributed by atoms with van der Waals surface area (Å²) < 4.78 is 15.0. The number of hydrogen-bond acceptors (Lipinski definition) is 3. The van der Waals surface area contributed by atoms with E-state index in [2.05, 4.69) is 21.6 Å². The number of aromatic hydroxyl groups is 1. The van der Waals surface area contributed by atoms with Crippen LogP contribution in [0.1, 0.15) is 16.7 Å². The molecule has 0 radical (unpaired) electrons. The summed E-state index contributed by atoms with van der Waals surface area (Å²) >= 11 is 5.32. The van der Waals surface area contributed by atoms with E-state index in [0.717, 1.165) is 33.3 Å². The van der Waals surface area contributed by atoms with E-state index in [4.69, 9.17) is 12.2 Å². The summed E-state index contributed by atoms with van der Waals surface area (Å²) in [5.41, 5.74) is 5.05. The van der Waals surface area contributed by atoms with Crippen LogP contribution in [0.4, 0.5) is 15.8 Å². The Kier molecular flexibility index (Phi) is 5.77. The molecule has 1 heterocycles. The predicted molar refractivity (Wildman–Crippen MR) is 126 cm³/mol. The van der Waals surface area contributed by atoms with Crippen molar-refractivity contribution in [2.75, 3.05) is 5.32 Å². The fourth-order valence-corrected chi connectivity index (χ4v) is 3.75. The number of halogens is 1. The van der Waals surface area contributed by atoms with Gasteiger partial charge in [0.1, 0.15) is 5.82 Å². The number of para-hydroxylation sites is 1. The Hall–Kier alpha value is -3.58. The lowest BCUT2D eigenvalue weighted by Crippen LogP contribution is -2.05. The summed E-state index contributed by atoms with van der Waals surface area (Å²) in [6.45, 7) is 4.39. The summed E-state index contributed by atoms with van der Waals surface area (Å²) in [6, 6.07) is 19.7. The largest absolute Gasteiger partial charge is 0.493 e. The third-order valence-corrected chi connectivity index (χ3v) is 5.07. The van der Waals surface area contributed by atoms with E-state index in [1.165, 1.54) is 12.1 Å². The van der Waals surface area contributed by atoms with Crippen LogP contribution in [0.15, 0.2) is 77.0 Å². The molecule has 0 bridgehead atoms. The number of thiocarbonyl (C=S) groups is 1. The smallest absolute Gasteiger partial charge is 0.221 e. The van der Waals surface area contributed by atoms with Crippen molar-refractivity contribution in [3.8, 4) is 5.88 Å². The lowest BCUT2D eigenvalue weighted by molar-refractivity contribution is 0.429. The van der Waals surface area contributed by atoms with E-state index in [-0.39, 0.29) is 16.8 Å². The quantitative estimate of drug-likeness (QED) is 0.281. The van der Waals surface area contributed by atoms with E-state index in [9.17, 15) is 9.50 Å². The number of aryl methyl sites for hydroxylation is 2. The standard InChI is InChI=1S/C24H21FN4OS/c1-15-11-16(2)13-19(12-15)26-24(31)28-27-22-20-5-3-4-6-21(20)29(23(22)30)14-17-7-9-18(25)10-8-17/h3-13,30H,14H2,1-2H3,(H,26,31). The summed E-state index contributed by atoms with van der Waals surface area (Å²) in [5.74, 6) is -0.326. The number of benzene rings is 3. The van der Waals surface area contributed by atoms with E-state index >= 15 is 0 Å². The molecule has 156 valence electrons. The highest BCUT2D eigenvalue weighted by Crippen LogP contribution is 2.39. The molecular weight excluding hydrogens is 411 g/mol. The molecule has 0 amide bonds. The van der Waals surface area contributed by atoms with Gasteiger partial charge in [0.2, 0.25) is 11.0 Å². The van der Waals surface area contributed by atoms with Gasteiger partial charge in [-0.1, -0.05) is 36.4 Å². The van der Waals surface area contributed by atoms with Crippen molar-refractivity contribution in [2.24, 2.45) is 10.2 Å². The zero-order valence-corrected chi connectivity index (χ0v) is 17.9. The number of rotatable bonds is 4. The molecule has 0 saturated heterocycles. The molecule has 5 nitrogen and oxygen atoms in total. The van der Waals surface area contributed by atoms with Crippen molar-refractivity contribution in [3.63, 3.8) is 0 Å². The highest BCUT2D eigenvalue weighted by molar-refractivity contribution is 7.80. The van der Waals surface area contributed by atoms with Crippen LogP contribution < -0.4 is 5.32 Å². The summed E-state index contributed by atoms with van der Waals surface area (Å²) in [4.78, 5) is 0. The van der Waals surface area contributed by atoms with Crippen molar-refractivity contribution in [2.45, 2.75) is 20.4 Å². The van der Waals surface area contributed by atoms with Gasteiger partial charge in [0.15, 0.2) is 5.69 Å². The molecule has 0 aliphatic carbocycles. The number of fused-ring (bicyclic) bond motifs is 1. The van der Waals surface area contributed by atoms with Gasteiger partial charge in [-0.05, 0) is 73.1 Å². The molecule has 0 unspecified atom stereocenters. The zero-order valence-electron chi connectivity index (χ0n) is 17.1. The third kappa shape index (κ3) is 4.62. The molecule has 0 atom stereocenters. The molecule has 4 rings (SSSR count). The first-order valence-electron chi connectivity index (χ1n) is 9.76. The maximum Gasteiger partial charge on any atom is 0.221 e. The van der Waals surface area contributed by atoms with Crippen LogP contribution >= 0.6 is 12.2 Å². The van der Waals surface area contributed by atoms with Gasteiger partial charge in [0.05, 0.1) is 12.1 Å². The Morgan fingerprint density at radius 1 is 1.03 bits per heavy atom. The van der Waals surface area contributed by atoms with E-state index < -0.39 is 0 Å². The summed E-state index contributed by atoms with van der Waals surface area (Å²) in [6.07, 6.45) is 0. The van der Waals surface area contributed by atoms with E-state index in [0.29, 0.717) is 12.2 Å². The molecule has 0 fully saturated rings. The predicted octanol–water partition coefficient (Wildman–Crippen LogP) is 6.63. The number of anilines is 1. The summed E-state index contributed by atoms with van der Waals surface area (Å²) in [5, 5.41) is 23.2. The molecule has 3 aromatic carbocycles. The first kappa shape index (κ1) is 20.7. The van der Waals surface area contributed by atoms with Crippen LogP contribution in [-0.4, -0.2) is 14.8 Å². The fraction of sp³-hybridized carbons (Fsp3) is 0.125. The number of hydrogen-bond donors (Lipinski definition) is 2. The number of nitrogens with one attached hydrogen (secondary N) is 1. The Labute approximate surface area is 184 Å². The Bertz CT molecular complexity index is 1270. The molecule has 0 spiro atoms. The van der Waals surface area contributed by atoms with Crippen molar-refractivity contribution >= 4 is 39.6 Å². The lowest BCUT2D eigenvalue weighted by Gasteiger charge is -2.07. The van der Waals surface area contributed by atoms with Crippen LogP contribution in [-0.2, 0) is 6.54 Å². The van der Waals surface area contributed by atoms with E-state index in [1.54, 1.807) is 16.7 Å². The van der Waals surface area contributed by atoms with Crippen molar-refractivity contribution in [1.29, 1.82) is 0 Å². The molecule has 4 aromatic rings. The van der Waals surface area contributed by atoms with Gasteiger partial charge in [0.25, 0.3) is 0 Å². The second-order valence-electron chi connectivity index (χ2n) is 7.41. The topological polar surface area (TPSA) is 61.9 Å². The van der Waals surface area contributed by atoms with Gasteiger partial charge in [-0.3, -0.25) is 0 Å². The average molecular weight is 433 g/mol. The average Bonchev–Trinajstić information content (AvgIpc) is 2.98. The monoisotopic (exact) mass is 432 g/mol. The molecule has 7 heteroatoms. The van der Waals surface area contributed by atoms with Gasteiger partial charge in [-0.15, -0.1) is 10.2 Å². The molecular formula is C24H21FN4OS. The highest BCUT2D eigenvalue weighted by atomic mass is 32.1. The number of aromatic nitrogens is 1. The SMILES string of the molecule is Cc1cc(C)cc(NC(=S)N=Nc2c(O)n(Cc3ccc(F)cc3)c3ccccc23)c1. The Morgan fingerprint density at radius 3 is 2.42 bits per heavy atom. The van der Waals surface area contributed by atoms with Gasteiger partial charge in [0, 0.05) is 11.1 Å². The number of nitrogens with zero attached hydrogens (tertiary/aromatic N) is 3. The van der Waals surface area contributed by atoms with Crippen LogP contribution in [0.2, 0.25) is 0 Å². The molecule has 1 aromatic heterocycles. The number of azo groups is 1. The minimum absolute atomic E-state index is 0.0246. The Morgan fingerprint density at radius 2 is 1.71 bits per heavy atom. The van der Waals surface area contributed by atoms with Crippen LogP contribution in [0.5, 0.6) is 5.88 Å². The van der Waals surface area contributed by atoms with E-state index in [1.807, 2.05) is 50.2 Å². The highest BCUT2D eigenvalue weighted by Gasteiger charge is 2.17. The maximum atomic E-state index is 13.2. The molecule has 0 aliphatic rings. The van der Waals surface area contributed by atoms with Crippen molar-refractivity contribution in [3.05, 3.63) is 89.2 Å². The van der Waals surface area contributed by atoms with Crippen LogP contribution in [0, 0.1) is 19.7 Å². The van der Waals surface area contributed by atoms with Crippen LogP contribution in [0.3, 0.4) is 0 Å². The van der Waals surface area contributed by atoms with Crippen molar-refractivity contribution < 1.29 is 9.50 Å². The fourth-order valence-electron chi connectivity index (χ4n) is 3.59. The lowest BCUT2D eigenvalue weighted by atomic mass is 10.1. The van der Waals surface area contributed by atoms with Crippen LogP contribution in [0.25, 0.3) is 10.9 Å². The normalized spacial score (nSPS) is 11.3. The zero-order chi connectivity index (χ0) is 22.0. The molecule has 2 N–H and O–H groups in total. The minimum atomic E-state index is -0.301. The molecule has 31 heavy (non-hydrogen) atoms. The van der Waals surface area contributed by atoms with Gasteiger partial charge in [-0.25, -0.2) is 4.39 Å².